The molecule has 0 saturated heterocycles. The van der Waals surface area contributed by atoms with E-state index in [2.05, 4.69) is 219 Å². The van der Waals surface area contributed by atoms with Gasteiger partial charge in [-0.3, -0.25) is 8.80 Å². The molecule has 5 nitrogen and oxygen atoms in total. The van der Waals surface area contributed by atoms with Gasteiger partial charge in [0.25, 0.3) is 0 Å². The Morgan fingerprint density at radius 1 is 0.373 bits per heavy atom. The number of nitrogens with zero attached hydrogens (tertiary/aromatic N) is 5. The normalized spacial score (nSPS) is 13.2. The van der Waals surface area contributed by atoms with Gasteiger partial charge in [0.1, 0.15) is 11.0 Å². The number of rotatable bonds is 2. The number of benzene rings is 9. The molecule has 15 rings (SSSR count). The zero-order valence-corrected chi connectivity index (χ0v) is 38.3. The molecule has 6 aromatic heterocycles. The Hall–Kier alpha value is -8.02. The summed E-state index contributed by atoms with van der Waals surface area (Å²) < 4.78 is 7.30. The highest BCUT2D eigenvalue weighted by Crippen LogP contribution is 2.49. The molecule has 0 aliphatic carbocycles. The molecule has 5 heteroatoms. The molecular weight excluding hydrogens is 815 g/mol. The summed E-state index contributed by atoms with van der Waals surface area (Å²) in [4.78, 5) is 11.8. The highest BCUT2D eigenvalue weighted by atomic mass is 15.1. The van der Waals surface area contributed by atoms with Crippen molar-refractivity contribution in [3.63, 3.8) is 0 Å². The largest absolute Gasteiger partial charge is 0.309 e. The molecular formula is C62H45N5. The fourth-order valence-electron chi connectivity index (χ4n) is 11.9. The van der Waals surface area contributed by atoms with Gasteiger partial charge >= 0.3 is 0 Å². The molecule has 318 valence electrons. The van der Waals surface area contributed by atoms with Crippen molar-refractivity contribution in [2.24, 2.45) is 0 Å². The molecule has 0 amide bonds. The average Bonchev–Trinajstić information content (AvgIpc) is 4.13. The molecule has 0 aliphatic heterocycles. The monoisotopic (exact) mass is 859 g/mol. The minimum Gasteiger partial charge on any atom is -0.309 e. The van der Waals surface area contributed by atoms with E-state index >= 15 is 0 Å². The molecule has 0 fully saturated rings. The first kappa shape index (κ1) is 37.2. The van der Waals surface area contributed by atoms with Crippen molar-refractivity contribution < 1.29 is 0 Å². The van der Waals surface area contributed by atoms with Crippen LogP contribution in [0.15, 0.2) is 164 Å². The molecule has 0 saturated carbocycles. The van der Waals surface area contributed by atoms with Crippen LogP contribution in [0.25, 0.3) is 137 Å². The van der Waals surface area contributed by atoms with Gasteiger partial charge in [-0.25, -0.2) is 9.97 Å². The maximum Gasteiger partial charge on any atom is 0.165 e. The molecule has 0 atom stereocenters. The lowest BCUT2D eigenvalue weighted by Gasteiger charge is -2.19. The third-order valence-corrected chi connectivity index (χ3v) is 15.1. The predicted octanol–water partition coefficient (Wildman–Crippen LogP) is 16.4. The molecule has 15 aromatic rings. The molecule has 0 bridgehead atoms. The van der Waals surface area contributed by atoms with Crippen molar-refractivity contribution in [3.8, 4) is 16.8 Å². The maximum absolute atomic E-state index is 5.91. The lowest BCUT2D eigenvalue weighted by molar-refractivity contribution is 0.591. The van der Waals surface area contributed by atoms with Crippen LogP contribution in [0.3, 0.4) is 0 Å². The summed E-state index contributed by atoms with van der Waals surface area (Å²) in [5, 5.41) is 14.8. The van der Waals surface area contributed by atoms with E-state index in [-0.39, 0.29) is 10.8 Å². The van der Waals surface area contributed by atoms with Crippen molar-refractivity contribution in [2.45, 2.75) is 52.4 Å². The van der Waals surface area contributed by atoms with Crippen LogP contribution in [-0.4, -0.2) is 23.3 Å². The molecule has 0 radical (unpaired) electrons. The number of fused-ring (bicyclic) bond motifs is 19. The Balaban J connectivity index is 1.13. The van der Waals surface area contributed by atoms with Crippen LogP contribution in [0.4, 0.5) is 0 Å². The first-order valence-electron chi connectivity index (χ1n) is 23.6. The summed E-state index contributed by atoms with van der Waals surface area (Å²) in [6.07, 6.45) is 0. The Morgan fingerprint density at radius 2 is 0.910 bits per heavy atom. The van der Waals surface area contributed by atoms with Crippen LogP contribution in [0, 0.1) is 0 Å². The van der Waals surface area contributed by atoms with E-state index in [1.807, 2.05) is 0 Å². The average molecular weight is 860 g/mol. The summed E-state index contributed by atoms with van der Waals surface area (Å²) in [6.45, 7) is 13.9. The zero-order valence-electron chi connectivity index (χ0n) is 38.3. The van der Waals surface area contributed by atoms with Gasteiger partial charge in [-0.2, -0.15) is 0 Å². The van der Waals surface area contributed by atoms with Gasteiger partial charge in [-0.1, -0.05) is 139 Å². The Kier molecular flexibility index (Phi) is 6.92. The van der Waals surface area contributed by atoms with E-state index < -0.39 is 0 Å². The van der Waals surface area contributed by atoms with Gasteiger partial charge in [0.15, 0.2) is 11.3 Å². The van der Waals surface area contributed by atoms with Crippen LogP contribution in [0.2, 0.25) is 0 Å². The molecule has 9 aromatic carbocycles. The summed E-state index contributed by atoms with van der Waals surface area (Å²) in [5.41, 5.74) is 16.7. The van der Waals surface area contributed by atoms with Crippen LogP contribution in [-0.2, 0) is 10.8 Å². The van der Waals surface area contributed by atoms with E-state index in [0.29, 0.717) is 0 Å². The lowest BCUT2D eigenvalue weighted by atomic mass is 9.85. The lowest BCUT2D eigenvalue weighted by Crippen LogP contribution is -2.10. The second kappa shape index (κ2) is 12.4. The summed E-state index contributed by atoms with van der Waals surface area (Å²) in [7, 11) is 0. The van der Waals surface area contributed by atoms with Gasteiger partial charge in [0.05, 0.1) is 33.1 Å². The van der Waals surface area contributed by atoms with Crippen molar-refractivity contribution >= 4 is 120 Å². The number of para-hydroxylation sites is 2. The minimum absolute atomic E-state index is 0.0799. The van der Waals surface area contributed by atoms with Crippen molar-refractivity contribution in [1.82, 2.24) is 23.3 Å². The zero-order chi connectivity index (χ0) is 44.8. The van der Waals surface area contributed by atoms with Crippen LogP contribution >= 0.6 is 0 Å². The smallest absolute Gasteiger partial charge is 0.165 e. The molecule has 0 unspecified atom stereocenters. The Morgan fingerprint density at radius 3 is 1.61 bits per heavy atom. The van der Waals surface area contributed by atoms with Gasteiger partial charge in [-0.05, 0) is 116 Å². The number of aromatic nitrogens is 5. The summed E-state index contributed by atoms with van der Waals surface area (Å²) in [6, 6.07) is 61.0. The second-order valence-corrected chi connectivity index (χ2v) is 21.0. The molecule has 0 N–H and O–H groups in total. The van der Waals surface area contributed by atoms with Gasteiger partial charge in [0, 0.05) is 54.3 Å². The third-order valence-electron chi connectivity index (χ3n) is 15.1. The highest BCUT2D eigenvalue weighted by molar-refractivity contribution is 6.32. The van der Waals surface area contributed by atoms with Crippen LogP contribution in [0.5, 0.6) is 0 Å². The SMILES string of the molecule is CC(C)(C)c1cc2c3nc4c(nc3n3c5ccc6ccccc6c5c(c1)c23)c1cc(C(C)(C)C)cc2c3c5ccccc5cc(-c5ccc6c(c5)c5ccccc5n6-c5ccccc5)c3n4c12. The van der Waals surface area contributed by atoms with Crippen molar-refractivity contribution in [3.05, 3.63) is 175 Å². The van der Waals surface area contributed by atoms with E-state index in [1.54, 1.807) is 0 Å². The van der Waals surface area contributed by atoms with E-state index in [1.165, 1.54) is 109 Å². The first-order valence-corrected chi connectivity index (χ1v) is 23.6. The highest BCUT2D eigenvalue weighted by Gasteiger charge is 2.30. The molecule has 0 aliphatic rings. The Labute approximate surface area is 385 Å². The first-order chi connectivity index (χ1) is 32.5. The molecule has 67 heavy (non-hydrogen) atoms. The minimum atomic E-state index is -0.110. The predicted molar refractivity (Wildman–Crippen MR) is 284 cm³/mol. The third kappa shape index (κ3) is 4.78. The summed E-state index contributed by atoms with van der Waals surface area (Å²) in [5.74, 6) is 0. The van der Waals surface area contributed by atoms with E-state index in [0.717, 1.165) is 38.8 Å². The fourth-order valence-corrected chi connectivity index (χ4v) is 11.9. The Bertz CT molecular complexity index is 4620. The van der Waals surface area contributed by atoms with Crippen LogP contribution in [0.1, 0.15) is 52.7 Å². The second-order valence-electron chi connectivity index (χ2n) is 21.0. The van der Waals surface area contributed by atoms with Crippen LogP contribution < -0.4 is 0 Å². The van der Waals surface area contributed by atoms with E-state index in [9.17, 15) is 0 Å². The standard InChI is InChI=1S/C62H45N5/c1-61(2,3)37-30-45-52-40-20-12-10-16-34(40)24-27-51(52)66-56(45)47(32-37)54-59(66)63-55-48-33-38(62(4,5)6)31-46-53-41-21-13-11-17-35(41)28-43(58(53)67(57(46)48)60(55)64-54)36-25-26-50-44(29-36)42-22-14-15-23-49(42)65(50)39-18-8-7-9-19-39/h7-33H,1-6H3. The number of hydrogen-bond donors (Lipinski definition) is 0. The van der Waals surface area contributed by atoms with E-state index in [4.69, 9.17) is 9.97 Å². The van der Waals surface area contributed by atoms with Crippen molar-refractivity contribution in [2.75, 3.05) is 0 Å². The number of hydrogen-bond acceptors (Lipinski definition) is 2. The van der Waals surface area contributed by atoms with Gasteiger partial charge < -0.3 is 4.57 Å². The fraction of sp³-hybridized carbons (Fsp3) is 0.129. The maximum atomic E-state index is 5.91. The molecule has 0 spiro atoms. The topological polar surface area (TPSA) is 39.5 Å². The summed E-state index contributed by atoms with van der Waals surface area (Å²) >= 11 is 0. The van der Waals surface area contributed by atoms with Gasteiger partial charge in [0.2, 0.25) is 0 Å². The quantitative estimate of drug-likeness (QED) is 0.174. The van der Waals surface area contributed by atoms with Gasteiger partial charge in [-0.15, -0.1) is 0 Å². The van der Waals surface area contributed by atoms with Crippen molar-refractivity contribution in [1.29, 1.82) is 0 Å². The molecule has 6 heterocycles.